The van der Waals surface area contributed by atoms with Gasteiger partial charge in [-0.3, -0.25) is 29.7 Å². The Balaban J connectivity index is 0.00000441. The van der Waals surface area contributed by atoms with Crippen molar-refractivity contribution in [3.8, 4) is 0 Å². The number of carbonyl (C=O) groups excluding carboxylic acids is 3. The van der Waals surface area contributed by atoms with Gasteiger partial charge in [0.2, 0.25) is 0 Å². The molecule has 1 saturated heterocycles. The largest absolute Gasteiger partial charge is 3.00 e. The van der Waals surface area contributed by atoms with Crippen LogP contribution in [-0.2, 0) is 19.6 Å². The van der Waals surface area contributed by atoms with Gasteiger partial charge in [0.1, 0.15) is 0 Å². The minimum Gasteiger partial charge on any atom is -0.543 e. The van der Waals surface area contributed by atoms with Crippen LogP contribution in [0.5, 0.6) is 0 Å². The van der Waals surface area contributed by atoms with Crippen molar-refractivity contribution < 1.29 is 95.5 Å². The van der Waals surface area contributed by atoms with E-state index in [1.54, 1.807) is 36.4 Å². The molecule has 3 aromatic rings. The molecule has 0 aliphatic carbocycles. The molecule has 1 aliphatic rings. The second-order valence-corrected chi connectivity index (χ2v) is 9.23. The van der Waals surface area contributed by atoms with Gasteiger partial charge in [0.25, 0.3) is 0 Å². The van der Waals surface area contributed by atoms with E-state index in [1.165, 1.54) is 18.2 Å². The summed E-state index contributed by atoms with van der Waals surface area (Å²) in [6.07, 6.45) is 0. The first kappa shape index (κ1) is 40.2. The number of hydrogen-bond acceptors (Lipinski definition) is 12. The number of nitrogens with zero attached hydrogens (tertiary/aromatic N) is 6. The number of aromatic carboxylic acids is 3. The number of aromatic nitrogens is 3. The fourth-order valence-corrected chi connectivity index (χ4v) is 4.39. The van der Waals surface area contributed by atoms with E-state index in [0.29, 0.717) is 76.0 Å². The van der Waals surface area contributed by atoms with Gasteiger partial charge in [0, 0.05) is 58.9 Å². The molecule has 15 nitrogen and oxygen atoms in total. The van der Waals surface area contributed by atoms with Crippen LogP contribution in [0, 0.1) is 49.4 Å². The first-order chi connectivity index (χ1) is 18.8. The summed E-state index contributed by atoms with van der Waals surface area (Å²) in [7, 11) is 0. The van der Waals surface area contributed by atoms with Gasteiger partial charge in [-0.15, -0.1) is 0 Å². The SMILES string of the molecule is O.O.O.O=C([O-])c1cccc(CN2CCN(Cc3cccc(C(=O)[O-])n3)CCN(Cc3cccc(C(=O)[O-])n3)CC2)n1.[Eu+3]. The molecule has 4 heterocycles. The minimum absolute atomic E-state index is 0. The molecule has 232 valence electrons. The van der Waals surface area contributed by atoms with Crippen molar-refractivity contribution in [3.05, 3.63) is 88.8 Å². The molecule has 0 atom stereocenters. The van der Waals surface area contributed by atoms with Crippen LogP contribution in [0.1, 0.15) is 48.5 Å². The maximum absolute atomic E-state index is 11.3. The average Bonchev–Trinajstić information content (AvgIpc) is 3.01. The number of carboxylic acids is 3. The Morgan fingerprint density at radius 2 is 0.744 bits per heavy atom. The normalized spacial score (nSPS) is 14.2. The first-order valence-electron chi connectivity index (χ1n) is 12.5. The fourth-order valence-electron chi connectivity index (χ4n) is 4.39. The van der Waals surface area contributed by atoms with E-state index in [9.17, 15) is 29.7 Å². The van der Waals surface area contributed by atoms with E-state index < -0.39 is 17.9 Å². The molecule has 0 bridgehead atoms. The predicted molar refractivity (Wildman–Crippen MR) is 142 cm³/mol. The number of rotatable bonds is 9. The van der Waals surface area contributed by atoms with Crippen LogP contribution in [0.4, 0.5) is 0 Å². The molecule has 43 heavy (non-hydrogen) atoms. The van der Waals surface area contributed by atoms with E-state index in [-0.39, 0.29) is 82.9 Å². The molecule has 0 amide bonds. The molecule has 0 aromatic carbocycles. The van der Waals surface area contributed by atoms with Crippen LogP contribution < -0.4 is 15.3 Å². The standard InChI is InChI=1S/C27H30N6O6.Eu.3H2O/c34-25(35)22-7-1-4-19(28-22)16-31-10-12-32(17-20-5-2-8-23(29-20)26(36)37)14-15-33(13-11-31)18-21-6-3-9-24(30-21)27(38)39;;;;/h1-9H,10-18H2,(H,34,35)(H,36,37)(H,38,39);;3*1H2/q;+3;;;/p-3. The van der Waals surface area contributed by atoms with Gasteiger partial charge in [-0.05, 0) is 36.4 Å². The summed E-state index contributed by atoms with van der Waals surface area (Å²) >= 11 is 0. The van der Waals surface area contributed by atoms with Crippen LogP contribution in [-0.4, -0.2) is 103 Å². The maximum atomic E-state index is 11.3. The Hall–Kier alpha value is -2.80. The molecule has 6 N–H and O–H groups in total. The zero-order chi connectivity index (χ0) is 27.8. The second kappa shape index (κ2) is 19.5. The Bertz CT molecular complexity index is 1180. The van der Waals surface area contributed by atoms with Crippen LogP contribution in [0.25, 0.3) is 0 Å². The Labute approximate surface area is 288 Å². The Morgan fingerprint density at radius 3 is 0.953 bits per heavy atom. The van der Waals surface area contributed by atoms with Crippen LogP contribution in [0.3, 0.4) is 0 Å². The quantitative estimate of drug-likeness (QED) is 0.201. The summed E-state index contributed by atoms with van der Waals surface area (Å²) in [5.41, 5.74) is 1.41. The molecule has 3 aromatic heterocycles. The van der Waals surface area contributed by atoms with Crippen LogP contribution >= 0.6 is 0 Å². The zero-order valence-electron chi connectivity index (χ0n) is 23.1. The minimum atomic E-state index is -1.34. The third-order valence-electron chi connectivity index (χ3n) is 6.40. The second-order valence-electron chi connectivity index (χ2n) is 9.23. The summed E-state index contributed by atoms with van der Waals surface area (Å²) < 4.78 is 0. The number of pyridine rings is 3. The molecule has 0 spiro atoms. The molecule has 0 saturated carbocycles. The topological polar surface area (TPSA) is 263 Å². The summed E-state index contributed by atoms with van der Waals surface area (Å²) in [5, 5.41) is 33.8. The third kappa shape index (κ3) is 12.4. The molecule has 16 heteroatoms. The fraction of sp³-hybridized carbons (Fsp3) is 0.333. The Kier molecular flexibility index (Phi) is 18.2. The number of hydrogen-bond donors (Lipinski definition) is 0. The van der Waals surface area contributed by atoms with Crippen LogP contribution in [0.15, 0.2) is 54.6 Å². The van der Waals surface area contributed by atoms with Crippen LogP contribution in [0.2, 0.25) is 0 Å². The number of carboxylic acid groups (broad SMARTS) is 3. The van der Waals surface area contributed by atoms with Gasteiger partial charge < -0.3 is 46.1 Å². The van der Waals surface area contributed by atoms with Gasteiger partial charge in [-0.1, -0.05) is 18.2 Å². The van der Waals surface area contributed by atoms with Crippen molar-refractivity contribution >= 4 is 17.9 Å². The van der Waals surface area contributed by atoms with Gasteiger partial charge in [-0.2, -0.15) is 0 Å². The van der Waals surface area contributed by atoms with Crippen molar-refractivity contribution in [3.63, 3.8) is 0 Å². The first-order valence-corrected chi connectivity index (χ1v) is 12.5. The number of carbonyl (C=O) groups is 3. The summed E-state index contributed by atoms with van der Waals surface area (Å²) in [4.78, 5) is 52.8. The van der Waals surface area contributed by atoms with Crippen molar-refractivity contribution in [1.82, 2.24) is 29.7 Å². The molecule has 4 rings (SSSR count). The van der Waals surface area contributed by atoms with Crippen molar-refractivity contribution in [2.75, 3.05) is 39.3 Å². The van der Waals surface area contributed by atoms with Gasteiger partial charge in [-0.25, -0.2) is 0 Å². The molecule has 0 radical (unpaired) electrons. The van der Waals surface area contributed by atoms with E-state index >= 15 is 0 Å². The molecule has 0 unspecified atom stereocenters. The summed E-state index contributed by atoms with van der Waals surface area (Å²) in [6.45, 7) is 5.10. The van der Waals surface area contributed by atoms with Gasteiger partial charge in [0.05, 0.1) is 52.1 Å². The average molecular weight is 738 g/mol. The summed E-state index contributed by atoms with van der Waals surface area (Å²) in [6, 6.07) is 14.4. The zero-order valence-corrected chi connectivity index (χ0v) is 25.5. The monoisotopic (exact) mass is 738 g/mol. The van der Waals surface area contributed by atoms with Crippen molar-refractivity contribution in [2.45, 2.75) is 19.6 Å². The smallest absolute Gasteiger partial charge is 0.543 e. The van der Waals surface area contributed by atoms with E-state index in [1.807, 2.05) is 0 Å². The predicted octanol–water partition coefficient (Wildman–Crippen LogP) is -4.69. The maximum Gasteiger partial charge on any atom is 3.00 e. The van der Waals surface area contributed by atoms with Crippen molar-refractivity contribution in [2.24, 2.45) is 0 Å². The molecular weight excluding hydrogens is 704 g/mol. The summed E-state index contributed by atoms with van der Waals surface area (Å²) in [5.74, 6) is -4.01. The van der Waals surface area contributed by atoms with E-state index in [0.717, 1.165) is 0 Å². The van der Waals surface area contributed by atoms with Crippen molar-refractivity contribution in [1.29, 1.82) is 0 Å². The molecular formula is C27H33EuN6O9. The molecule has 1 aliphatic heterocycles. The molecule has 1 fully saturated rings. The third-order valence-corrected chi connectivity index (χ3v) is 6.40. The van der Waals surface area contributed by atoms with E-state index in [4.69, 9.17) is 0 Å². The van der Waals surface area contributed by atoms with E-state index in [2.05, 4.69) is 29.7 Å². The Morgan fingerprint density at radius 1 is 0.512 bits per heavy atom. The van der Waals surface area contributed by atoms with Gasteiger partial charge >= 0.3 is 49.4 Å². The van der Waals surface area contributed by atoms with Gasteiger partial charge in [0.15, 0.2) is 0 Å².